The first-order chi connectivity index (χ1) is 12.5. The van der Waals surface area contributed by atoms with Crippen molar-refractivity contribution in [2.75, 3.05) is 14.2 Å². The Morgan fingerprint density at radius 2 is 2.15 bits per heavy atom. The Kier molecular flexibility index (Phi) is 5.90. The lowest BCUT2D eigenvalue weighted by atomic mass is 10.2. The van der Waals surface area contributed by atoms with Gasteiger partial charge in [0.25, 0.3) is 0 Å². The first-order valence-corrected chi connectivity index (χ1v) is 9.82. The van der Waals surface area contributed by atoms with Crippen LogP contribution in [-0.2, 0) is 17.9 Å². The molecule has 0 saturated heterocycles. The van der Waals surface area contributed by atoms with Gasteiger partial charge in [0.05, 0.1) is 13.7 Å². The van der Waals surface area contributed by atoms with Crippen LogP contribution in [0.2, 0.25) is 0 Å². The number of nitrogens with one attached hydrogen (secondary N) is 1. The molecule has 0 bridgehead atoms. The summed E-state index contributed by atoms with van der Waals surface area (Å²) in [5, 5.41) is 9.04. The predicted molar refractivity (Wildman–Crippen MR) is 108 cm³/mol. The number of hydrogen-bond donors (Lipinski definition) is 1. The number of benzene rings is 1. The molecule has 9 heteroatoms. The lowest BCUT2D eigenvalue weighted by molar-refractivity contribution is -0.131. The molecule has 1 N–H and O–H groups in total. The topological polar surface area (TPSA) is 63.1 Å². The number of carbonyl (C=O) groups is 1. The summed E-state index contributed by atoms with van der Waals surface area (Å²) in [5.41, 5.74) is 0.857. The summed E-state index contributed by atoms with van der Waals surface area (Å²) in [5.74, 6) is 1.34. The normalized spacial score (nSPS) is 10.7. The van der Waals surface area contributed by atoms with E-state index in [0.29, 0.717) is 17.1 Å². The maximum Gasteiger partial charge on any atom is 0.242 e. The van der Waals surface area contributed by atoms with Crippen molar-refractivity contribution in [3.05, 3.63) is 49.8 Å². The molecule has 3 rings (SSSR count). The molecule has 0 aliphatic heterocycles. The van der Waals surface area contributed by atoms with Gasteiger partial charge in [-0.15, -0.1) is 11.3 Å². The second-order valence-corrected chi connectivity index (χ2v) is 7.95. The quantitative estimate of drug-likeness (QED) is 0.571. The average molecular weight is 453 g/mol. The maximum atomic E-state index is 12.6. The third kappa shape index (κ3) is 4.22. The van der Waals surface area contributed by atoms with Crippen LogP contribution in [0.5, 0.6) is 5.75 Å². The summed E-state index contributed by atoms with van der Waals surface area (Å²) in [4.78, 5) is 15.4. The number of aromatic amines is 1. The Morgan fingerprint density at radius 3 is 2.77 bits per heavy atom. The third-order valence-corrected chi connectivity index (χ3v) is 5.83. The molecule has 0 spiro atoms. The van der Waals surface area contributed by atoms with E-state index in [0.717, 1.165) is 20.7 Å². The number of nitrogens with zero attached hydrogens (tertiary/aromatic N) is 3. The number of halogens is 1. The average Bonchev–Trinajstić information content (AvgIpc) is 3.21. The fourth-order valence-corrected chi connectivity index (χ4v) is 4.14. The van der Waals surface area contributed by atoms with Crippen molar-refractivity contribution in [3.63, 3.8) is 0 Å². The zero-order valence-electron chi connectivity index (χ0n) is 14.2. The van der Waals surface area contributed by atoms with Crippen molar-refractivity contribution < 1.29 is 9.53 Å². The molecule has 0 unspecified atom stereocenters. The van der Waals surface area contributed by atoms with Crippen molar-refractivity contribution >= 4 is 45.4 Å². The minimum atomic E-state index is -0.0400. The Labute approximate surface area is 168 Å². The second kappa shape index (κ2) is 8.15. The molecule has 136 valence electrons. The van der Waals surface area contributed by atoms with Crippen molar-refractivity contribution in [1.82, 2.24) is 19.7 Å². The van der Waals surface area contributed by atoms with Gasteiger partial charge in [0, 0.05) is 27.3 Å². The Bertz CT molecular complexity index is 962. The van der Waals surface area contributed by atoms with E-state index in [1.807, 2.05) is 35.7 Å². The van der Waals surface area contributed by atoms with E-state index < -0.39 is 0 Å². The molecule has 1 amide bonds. The van der Waals surface area contributed by atoms with E-state index in [-0.39, 0.29) is 12.5 Å². The van der Waals surface area contributed by atoms with Crippen LogP contribution in [0.25, 0.3) is 11.4 Å². The van der Waals surface area contributed by atoms with Gasteiger partial charge in [0.2, 0.25) is 5.91 Å². The molecule has 2 aromatic heterocycles. The highest BCUT2D eigenvalue weighted by molar-refractivity contribution is 9.10. The van der Waals surface area contributed by atoms with Crippen LogP contribution in [-0.4, -0.2) is 39.7 Å². The standard InChI is InChI=1S/C17H17BrN4O2S2/c1-21(8-14-7-12(18)10-26-14)15(23)9-22-16(19-20-17(22)25)11-3-5-13(24-2)6-4-11/h3-7,10H,8-9H2,1-2H3,(H,20,25). The van der Waals surface area contributed by atoms with Crippen LogP contribution in [0.4, 0.5) is 0 Å². The second-order valence-electron chi connectivity index (χ2n) is 5.65. The highest BCUT2D eigenvalue weighted by Gasteiger charge is 2.16. The molecule has 26 heavy (non-hydrogen) atoms. The molecule has 3 aromatic rings. The molecule has 0 aliphatic rings. The molecule has 6 nitrogen and oxygen atoms in total. The van der Waals surface area contributed by atoms with Crippen LogP contribution in [0.3, 0.4) is 0 Å². The number of hydrogen-bond acceptors (Lipinski definition) is 5. The zero-order valence-corrected chi connectivity index (χ0v) is 17.4. The highest BCUT2D eigenvalue weighted by atomic mass is 79.9. The van der Waals surface area contributed by atoms with Gasteiger partial charge < -0.3 is 9.64 Å². The number of ether oxygens (including phenoxy) is 1. The molecule has 0 radical (unpaired) electrons. The molecule has 0 atom stereocenters. The van der Waals surface area contributed by atoms with Crippen LogP contribution in [0.15, 0.2) is 40.2 Å². The SMILES string of the molecule is COc1ccc(-c2n[nH]c(=S)n2CC(=O)N(C)Cc2cc(Br)cs2)cc1. The van der Waals surface area contributed by atoms with Crippen molar-refractivity contribution in [3.8, 4) is 17.1 Å². The lowest BCUT2D eigenvalue weighted by Gasteiger charge is -2.17. The van der Waals surface area contributed by atoms with Crippen molar-refractivity contribution in [2.24, 2.45) is 0 Å². The van der Waals surface area contributed by atoms with Gasteiger partial charge in [0.15, 0.2) is 10.6 Å². The Morgan fingerprint density at radius 1 is 1.42 bits per heavy atom. The number of thiophene rings is 1. The predicted octanol–water partition coefficient (Wildman–Crippen LogP) is 4.10. The number of amides is 1. The summed E-state index contributed by atoms with van der Waals surface area (Å²) in [7, 11) is 3.40. The van der Waals surface area contributed by atoms with Gasteiger partial charge in [-0.1, -0.05) is 0 Å². The summed E-state index contributed by atoms with van der Waals surface area (Å²) < 4.78 is 8.32. The van der Waals surface area contributed by atoms with Crippen LogP contribution < -0.4 is 4.74 Å². The first-order valence-electron chi connectivity index (χ1n) is 7.74. The van der Waals surface area contributed by atoms with E-state index in [4.69, 9.17) is 17.0 Å². The minimum Gasteiger partial charge on any atom is -0.497 e. The molecule has 0 fully saturated rings. The lowest BCUT2D eigenvalue weighted by Crippen LogP contribution is -2.29. The number of rotatable bonds is 6. The number of carbonyl (C=O) groups excluding carboxylic acids is 1. The monoisotopic (exact) mass is 452 g/mol. The van der Waals surface area contributed by atoms with Crippen LogP contribution >= 0.6 is 39.5 Å². The van der Waals surface area contributed by atoms with Gasteiger partial charge in [-0.2, -0.15) is 5.10 Å². The van der Waals surface area contributed by atoms with Gasteiger partial charge in [-0.3, -0.25) is 14.5 Å². The largest absolute Gasteiger partial charge is 0.497 e. The van der Waals surface area contributed by atoms with E-state index >= 15 is 0 Å². The van der Waals surface area contributed by atoms with E-state index in [2.05, 4.69) is 26.1 Å². The minimum absolute atomic E-state index is 0.0400. The van der Waals surface area contributed by atoms with Gasteiger partial charge in [-0.25, -0.2) is 0 Å². The number of likely N-dealkylation sites (N-methyl/N-ethyl adjacent to an activating group) is 1. The van der Waals surface area contributed by atoms with Gasteiger partial charge in [0.1, 0.15) is 12.3 Å². The maximum absolute atomic E-state index is 12.6. The van der Waals surface area contributed by atoms with E-state index in [9.17, 15) is 4.79 Å². The molecular weight excluding hydrogens is 436 g/mol. The Hall–Kier alpha value is -1.97. The van der Waals surface area contributed by atoms with Gasteiger partial charge in [-0.05, 0) is 58.5 Å². The number of methoxy groups -OCH3 is 1. The van der Waals surface area contributed by atoms with Crippen LogP contribution in [0.1, 0.15) is 4.88 Å². The highest BCUT2D eigenvalue weighted by Crippen LogP contribution is 2.22. The molecule has 0 saturated carbocycles. The summed E-state index contributed by atoms with van der Waals surface area (Å²) in [6, 6.07) is 9.48. The molecule has 0 aliphatic carbocycles. The fraction of sp³-hybridized carbons (Fsp3) is 0.235. The smallest absolute Gasteiger partial charge is 0.242 e. The third-order valence-electron chi connectivity index (χ3n) is 3.84. The molecule has 2 heterocycles. The van der Waals surface area contributed by atoms with E-state index in [1.165, 1.54) is 0 Å². The molecule has 1 aromatic carbocycles. The summed E-state index contributed by atoms with van der Waals surface area (Å²) in [6.07, 6.45) is 0. The van der Waals surface area contributed by atoms with Crippen molar-refractivity contribution in [2.45, 2.75) is 13.1 Å². The Balaban J connectivity index is 1.77. The van der Waals surface area contributed by atoms with Crippen LogP contribution in [0, 0.1) is 4.77 Å². The zero-order chi connectivity index (χ0) is 18.7. The summed E-state index contributed by atoms with van der Waals surface area (Å²) in [6.45, 7) is 0.678. The molecular formula is C17H17BrN4O2S2. The number of aromatic nitrogens is 3. The fourth-order valence-electron chi connectivity index (χ4n) is 2.44. The van der Waals surface area contributed by atoms with Crippen molar-refractivity contribution in [1.29, 1.82) is 0 Å². The van der Waals surface area contributed by atoms with Gasteiger partial charge >= 0.3 is 0 Å². The first kappa shape index (κ1) is 18.8. The summed E-state index contributed by atoms with van der Waals surface area (Å²) >= 11 is 10.3. The van der Waals surface area contributed by atoms with E-state index in [1.54, 1.807) is 35.0 Å². The number of H-pyrrole nitrogens is 1.